The minimum atomic E-state index is -0.787. The van der Waals surface area contributed by atoms with Gasteiger partial charge in [-0.05, 0) is 48.5 Å². The molecule has 1 fully saturated rings. The summed E-state index contributed by atoms with van der Waals surface area (Å²) in [7, 11) is 3.38. The van der Waals surface area contributed by atoms with Gasteiger partial charge >= 0.3 is 6.09 Å². The molecule has 0 bridgehead atoms. The number of halogens is 1. The molecule has 2 atom stereocenters. The van der Waals surface area contributed by atoms with Crippen LogP contribution in [-0.2, 0) is 14.3 Å². The van der Waals surface area contributed by atoms with Crippen molar-refractivity contribution in [3.63, 3.8) is 0 Å². The quantitative estimate of drug-likeness (QED) is 0.323. The fourth-order valence-electron chi connectivity index (χ4n) is 2.95. The van der Waals surface area contributed by atoms with E-state index in [1.807, 2.05) is 48.5 Å². The molecular formula is C19H38IN5O4. The van der Waals surface area contributed by atoms with Crippen molar-refractivity contribution in [1.29, 1.82) is 0 Å². The van der Waals surface area contributed by atoms with E-state index in [-0.39, 0.29) is 48.6 Å². The molecular weight excluding hydrogens is 489 g/mol. The lowest BCUT2D eigenvalue weighted by atomic mass is 10.1. The first-order chi connectivity index (χ1) is 12.8. The van der Waals surface area contributed by atoms with E-state index in [2.05, 4.69) is 15.6 Å². The predicted octanol–water partition coefficient (Wildman–Crippen LogP) is 2.01. The van der Waals surface area contributed by atoms with Crippen LogP contribution >= 0.6 is 24.0 Å². The second-order valence-electron chi connectivity index (χ2n) is 8.55. The highest BCUT2D eigenvalue weighted by molar-refractivity contribution is 14.0. The van der Waals surface area contributed by atoms with Crippen LogP contribution in [-0.4, -0.2) is 85.0 Å². The zero-order valence-electron chi connectivity index (χ0n) is 19.2. The number of likely N-dealkylation sites (N-methyl/N-ethyl adjacent to an activating group) is 1. The Hall–Kier alpha value is -1.30. The van der Waals surface area contributed by atoms with Crippen molar-refractivity contribution in [2.45, 2.75) is 71.9 Å². The van der Waals surface area contributed by atoms with Gasteiger partial charge in [-0.2, -0.15) is 0 Å². The van der Waals surface area contributed by atoms with Gasteiger partial charge in [-0.3, -0.25) is 9.69 Å². The molecule has 2 unspecified atom stereocenters. The Balaban J connectivity index is 0.00000784. The number of carbonyl (C=O) groups excluding carboxylic acids is 2. The van der Waals surface area contributed by atoms with Gasteiger partial charge in [-0.1, -0.05) is 0 Å². The first kappa shape index (κ1) is 27.7. The van der Waals surface area contributed by atoms with Crippen LogP contribution in [0.3, 0.4) is 0 Å². The van der Waals surface area contributed by atoms with Gasteiger partial charge in [0.2, 0.25) is 5.91 Å². The molecule has 0 aromatic heterocycles. The third-order valence-corrected chi connectivity index (χ3v) is 4.21. The number of carbonyl (C=O) groups is 2. The van der Waals surface area contributed by atoms with Gasteiger partial charge < -0.3 is 25.0 Å². The van der Waals surface area contributed by atoms with Crippen molar-refractivity contribution in [1.82, 2.24) is 20.4 Å². The zero-order chi connectivity index (χ0) is 21.7. The predicted molar refractivity (Wildman–Crippen MR) is 125 cm³/mol. The SMILES string of the molecule is CCNC(=NCC(=O)N(C)C)NCC1C(C)OC(C)(C)N1C(=O)OC(C)(C)C.I. The number of amides is 2. The molecule has 0 spiro atoms. The summed E-state index contributed by atoms with van der Waals surface area (Å²) < 4.78 is 11.6. The van der Waals surface area contributed by atoms with Crippen molar-refractivity contribution in [3.05, 3.63) is 0 Å². The maximum Gasteiger partial charge on any atom is 0.412 e. The van der Waals surface area contributed by atoms with Gasteiger partial charge in [0.25, 0.3) is 0 Å². The van der Waals surface area contributed by atoms with Gasteiger partial charge in [0.05, 0.1) is 12.1 Å². The first-order valence-electron chi connectivity index (χ1n) is 9.71. The van der Waals surface area contributed by atoms with Crippen LogP contribution in [0, 0.1) is 0 Å². The third-order valence-electron chi connectivity index (χ3n) is 4.21. The van der Waals surface area contributed by atoms with Crippen molar-refractivity contribution < 1.29 is 19.1 Å². The highest BCUT2D eigenvalue weighted by Crippen LogP contribution is 2.33. The molecule has 0 aromatic carbocycles. The average molecular weight is 527 g/mol. The largest absolute Gasteiger partial charge is 0.444 e. The van der Waals surface area contributed by atoms with Gasteiger partial charge in [0.1, 0.15) is 17.9 Å². The van der Waals surface area contributed by atoms with Crippen LogP contribution in [0.15, 0.2) is 4.99 Å². The first-order valence-corrected chi connectivity index (χ1v) is 9.71. The van der Waals surface area contributed by atoms with Crippen LogP contribution in [0.4, 0.5) is 4.79 Å². The van der Waals surface area contributed by atoms with Crippen LogP contribution < -0.4 is 10.6 Å². The minimum Gasteiger partial charge on any atom is -0.444 e. The molecule has 0 aromatic rings. The molecule has 1 aliphatic heterocycles. The van der Waals surface area contributed by atoms with E-state index in [1.165, 1.54) is 4.90 Å². The summed E-state index contributed by atoms with van der Waals surface area (Å²) in [5.74, 6) is 0.421. The van der Waals surface area contributed by atoms with E-state index < -0.39 is 17.4 Å². The summed E-state index contributed by atoms with van der Waals surface area (Å²) in [4.78, 5) is 32.0. The van der Waals surface area contributed by atoms with Crippen molar-refractivity contribution in [2.24, 2.45) is 4.99 Å². The maximum absolute atomic E-state index is 12.8. The van der Waals surface area contributed by atoms with Gasteiger partial charge in [0.15, 0.2) is 5.96 Å². The smallest absolute Gasteiger partial charge is 0.412 e. The van der Waals surface area contributed by atoms with Crippen LogP contribution in [0.5, 0.6) is 0 Å². The lowest BCUT2D eigenvalue weighted by Crippen LogP contribution is -2.54. The summed E-state index contributed by atoms with van der Waals surface area (Å²) in [6, 6.07) is -0.252. The Morgan fingerprint density at radius 2 is 1.83 bits per heavy atom. The lowest BCUT2D eigenvalue weighted by molar-refractivity contribution is -0.127. The summed E-state index contributed by atoms with van der Waals surface area (Å²) in [6.07, 6.45) is -0.611. The highest BCUT2D eigenvalue weighted by atomic mass is 127. The number of nitrogens with zero attached hydrogens (tertiary/aromatic N) is 3. The molecule has 10 heteroatoms. The van der Waals surface area contributed by atoms with E-state index in [4.69, 9.17) is 9.47 Å². The molecule has 9 nitrogen and oxygen atoms in total. The Kier molecular flexibility index (Phi) is 10.7. The Bertz CT molecular complexity index is 590. The minimum absolute atomic E-state index is 0. The summed E-state index contributed by atoms with van der Waals surface area (Å²) in [5.41, 5.74) is -1.38. The number of nitrogens with one attached hydrogen (secondary N) is 2. The summed E-state index contributed by atoms with van der Waals surface area (Å²) >= 11 is 0. The molecule has 0 saturated carbocycles. The molecule has 170 valence electrons. The fraction of sp³-hybridized carbons (Fsp3) is 0.842. The molecule has 29 heavy (non-hydrogen) atoms. The van der Waals surface area contributed by atoms with Crippen molar-refractivity contribution in [2.75, 3.05) is 33.7 Å². The van der Waals surface area contributed by atoms with Crippen LogP contribution in [0.2, 0.25) is 0 Å². The molecule has 1 rings (SSSR count). The number of hydrogen-bond donors (Lipinski definition) is 2. The molecule has 1 saturated heterocycles. The van der Waals surface area contributed by atoms with E-state index in [1.54, 1.807) is 19.0 Å². The van der Waals surface area contributed by atoms with Crippen LogP contribution in [0.1, 0.15) is 48.5 Å². The number of ether oxygens (including phenoxy) is 2. The molecule has 1 heterocycles. The molecule has 2 amide bonds. The Morgan fingerprint density at radius 3 is 2.31 bits per heavy atom. The highest BCUT2D eigenvalue weighted by Gasteiger charge is 2.49. The van der Waals surface area contributed by atoms with Crippen molar-refractivity contribution >= 4 is 41.9 Å². The number of guanidine groups is 1. The number of rotatable bonds is 5. The van der Waals surface area contributed by atoms with E-state index in [0.29, 0.717) is 19.0 Å². The topological polar surface area (TPSA) is 95.5 Å². The fourth-order valence-corrected chi connectivity index (χ4v) is 2.95. The number of aliphatic imine (C=N–C) groups is 1. The lowest BCUT2D eigenvalue weighted by Gasteiger charge is -2.35. The van der Waals surface area contributed by atoms with Gasteiger partial charge in [-0.15, -0.1) is 24.0 Å². The second kappa shape index (κ2) is 11.2. The number of hydrogen-bond acceptors (Lipinski definition) is 5. The third kappa shape index (κ3) is 8.53. The van der Waals surface area contributed by atoms with E-state index in [9.17, 15) is 9.59 Å². The van der Waals surface area contributed by atoms with Gasteiger partial charge in [-0.25, -0.2) is 9.79 Å². The Labute approximate surface area is 192 Å². The maximum atomic E-state index is 12.8. The second-order valence-corrected chi connectivity index (χ2v) is 8.55. The molecule has 2 N–H and O–H groups in total. The molecule has 0 aliphatic carbocycles. The standard InChI is InChI=1S/C19H37N5O4.HI/c1-10-20-16(22-12-15(25)23(8)9)21-11-14-13(2)27-19(6,7)24(14)17(26)28-18(3,4)5;/h13-14H,10-12H2,1-9H3,(H2,20,21,22);1H. The average Bonchev–Trinajstić information content (AvgIpc) is 2.76. The molecule has 1 aliphatic rings. The molecule has 0 radical (unpaired) electrons. The normalized spacial score (nSPS) is 21.3. The Morgan fingerprint density at radius 1 is 1.24 bits per heavy atom. The zero-order valence-corrected chi connectivity index (χ0v) is 21.5. The monoisotopic (exact) mass is 527 g/mol. The van der Waals surface area contributed by atoms with Gasteiger partial charge in [0, 0.05) is 27.2 Å². The van der Waals surface area contributed by atoms with Crippen LogP contribution in [0.25, 0.3) is 0 Å². The summed E-state index contributed by atoms with van der Waals surface area (Å²) in [6.45, 7) is 14.2. The summed E-state index contributed by atoms with van der Waals surface area (Å²) in [5, 5.41) is 6.32. The van der Waals surface area contributed by atoms with Crippen molar-refractivity contribution in [3.8, 4) is 0 Å². The van der Waals surface area contributed by atoms with E-state index >= 15 is 0 Å². The van der Waals surface area contributed by atoms with E-state index in [0.717, 1.165) is 0 Å².